The van der Waals surface area contributed by atoms with E-state index in [0.717, 1.165) is 4.47 Å². The fourth-order valence-electron chi connectivity index (χ4n) is 2.17. The lowest BCUT2D eigenvalue weighted by molar-refractivity contribution is -0.145. The van der Waals surface area contributed by atoms with Crippen LogP contribution in [0.4, 0.5) is 0 Å². The van der Waals surface area contributed by atoms with Crippen LogP contribution in [0.5, 0.6) is 5.75 Å². The van der Waals surface area contributed by atoms with E-state index in [2.05, 4.69) is 15.9 Å². The highest BCUT2D eigenvalue weighted by Crippen LogP contribution is 2.23. The molecule has 0 spiro atoms. The summed E-state index contributed by atoms with van der Waals surface area (Å²) in [6, 6.07) is 7.51. The summed E-state index contributed by atoms with van der Waals surface area (Å²) in [4.78, 5) is 13.9. The van der Waals surface area contributed by atoms with E-state index in [9.17, 15) is 4.79 Å². The van der Waals surface area contributed by atoms with Crippen molar-refractivity contribution in [1.82, 2.24) is 4.90 Å². The third-order valence-electron chi connectivity index (χ3n) is 2.96. The Hall–Kier alpha value is -1.07. The molecule has 1 saturated heterocycles. The van der Waals surface area contributed by atoms with Crippen LogP contribution in [0.3, 0.4) is 0 Å². The summed E-state index contributed by atoms with van der Waals surface area (Å²) in [5.41, 5.74) is 0. The average Bonchev–Trinajstić information content (AvgIpc) is 2.36. The number of hydrogen-bond acceptors (Lipinski definition) is 3. The first-order valence-electron chi connectivity index (χ1n) is 6.37. The Morgan fingerprint density at radius 1 is 1.37 bits per heavy atom. The van der Waals surface area contributed by atoms with Gasteiger partial charge in [-0.15, -0.1) is 0 Å². The molecule has 0 N–H and O–H groups in total. The van der Waals surface area contributed by atoms with Gasteiger partial charge in [0, 0.05) is 13.1 Å². The van der Waals surface area contributed by atoms with Crippen LogP contribution < -0.4 is 4.74 Å². The molecule has 0 aliphatic carbocycles. The second-order valence-corrected chi connectivity index (χ2v) is 5.63. The molecule has 1 aromatic carbocycles. The lowest BCUT2D eigenvalue weighted by atomic mass is 10.2. The highest BCUT2D eigenvalue weighted by atomic mass is 79.9. The topological polar surface area (TPSA) is 38.8 Å². The molecule has 2 atom stereocenters. The van der Waals surface area contributed by atoms with Crippen molar-refractivity contribution in [2.45, 2.75) is 26.1 Å². The molecule has 0 bridgehead atoms. The van der Waals surface area contributed by atoms with Crippen LogP contribution >= 0.6 is 15.9 Å². The first-order chi connectivity index (χ1) is 9.06. The Morgan fingerprint density at radius 3 is 2.63 bits per heavy atom. The third kappa shape index (κ3) is 3.94. The maximum atomic E-state index is 12.1. The number of carbonyl (C=O) groups excluding carboxylic acids is 1. The normalized spacial score (nSPS) is 23.2. The van der Waals surface area contributed by atoms with Crippen molar-refractivity contribution in [2.24, 2.45) is 0 Å². The van der Waals surface area contributed by atoms with Crippen molar-refractivity contribution >= 4 is 21.8 Å². The van der Waals surface area contributed by atoms with Crippen molar-refractivity contribution in [1.29, 1.82) is 0 Å². The zero-order valence-corrected chi connectivity index (χ0v) is 12.7. The van der Waals surface area contributed by atoms with Crippen LogP contribution in [0.1, 0.15) is 13.8 Å². The molecule has 0 aromatic heterocycles. The van der Waals surface area contributed by atoms with Gasteiger partial charge in [0.2, 0.25) is 0 Å². The average molecular weight is 328 g/mol. The molecular formula is C14H18BrNO3. The predicted molar refractivity (Wildman–Crippen MR) is 76.2 cm³/mol. The lowest BCUT2D eigenvalue weighted by Gasteiger charge is -2.35. The minimum absolute atomic E-state index is 0.00208. The van der Waals surface area contributed by atoms with Crippen molar-refractivity contribution in [3.8, 4) is 5.75 Å². The number of nitrogens with zero attached hydrogens (tertiary/aromatic N) is 1. The molecular weight excluding hydrogens is 310 g/mol. The number of ether oxygens (including phenoxy) is 2. The highest BCUT2D eigenvalue weighted by Gasteiger charge is 2.26. The van der Waals surface area contributed by atoms with Gasteiger partial charge in [-0.1, -0.05) is 12.1 Å². The molecule has 0 saturated carbocycles. The summed E-state index contributed by atoms with van der Waals surface area (Å²) in [6.07, 6.45) is 0.160. The fraction of sp³-hybridized carbons (Fsp3) is 0.500. The molecule has 0 unspecified atom stereocenters. The van der Waals surface area contributed by atoms with Crippen LogP contribution in [-0.2, 0) is 9.53 Å². The summed E-state index contributed by atoms with van der Waals surface area (Å²) in [6.45, 7) is 5.27. The van der Waals surface area contributed by atoms with Gasteiger partial charge in [0.1, 0.15) is 5.75 Å². The molecule has 2 rings (SSSR count). The first-order valence-corrected chi connectivity index (χ1v) is 7.16. The maximum Gasteiger partial charge on any atom is 0.260 e. The van der Waals surface area contributed by atoms with Gasteiger partial charge in [-0.25, -0.2) is 0 Å². The minimum atomic E-state index is -0.00208. The van der Waals surface area contributed by atoms with Crippen molar-refractivity contribution < 1.29 is 14.3 Å². The number of halogens is 1. The van der Waals surface area contributed by atoms with Crippen molar-refractivity contribution in [3.63, 3.8) is 0 Å². The quantitative estimate of drug-likeness (QED) is 0.856. The highest BCUT2D eigenvalue weighted by molar-refractivity contribution is 9.10. The maximum absolute atomic E-state index is 12.1. The Kier molecular flexibility index (Phi) is 4.82. The molecule has 104 valence electrons. The van der Waals surface area contributed by atoms with Gasteiger partial charge in [0.15, 0.2) is 6.61 Å². The largest absolute Gasteiger partial charge is 0.483 e. The number of rotatable bonds is 3. The summed E-state index contributed by atoms with van der Waals surface area (Å²) < 4.78 is 12.0. The fourth-order valence-corrected chi connectivity index (χ4v) is 2.57. The number of amides is 1. The predicted octanol–water partition coefficient (Wildman–Crippen LogP) is 2.46. The number of benzene rings is 1. The van der Waals surface area contributed by atoms with Crippen LogP contribution in [0.25, 0.3) is 0 Å². The molecule has 1 fully saturated rings. The molecule has 5 heteroatoms. The molecule has 0 radical (unpaired) electrons. The van der Waals surface area contributed by atoms with Crippen LogP contribution in [0.15, 0.2) is 28.7 Å². The van der Waals surface area contributed by atoms with Gasteiger partial charge in [-0.05, 0) is 41.9 Å². The van der Waals surface area contributed by atoms with Crippen LogP contribution in [0.2, 0.25) is 0 Å². The second-order valence-electron chi connectivity index (χ2n) is 4.78. The number of morpholine rings is 1. The van der Waals surface area contributed by atoms with Gasteiger partial charge in [-0.3, -0.25) is 4.79 Å². The van der Waals surface area contributed by atoms with Crippen LogP contribution in [0, 0.1) is 0 Å². The molecule has 1 aromatic rings. The summed E-state index contributed by atoms with van der Waals surface area (Å²) in [7, 11) is 0. The Morgan fingerprint density at radius 2 is 2.00 bits per heavy atom. The molecule has 4 nitrogen and oxygen atoms in total. The third-order valence-corrected chi connectivity index (χ3v) is 3.62. The lowest BCUT2D eigenvalue weighted by Crippen LogP contribution is -2.49. The van der Waals surface area contributed by atoms with E-state index in [1.807, 2.05) is 38.1 Å². The molecule has 1 aliphatic heterocycles. The molecule has 1 aliphatic rings. The Balaban J connectivity index is 1.89. The summed E-state index contributed by atoms with van der Waals surface area (Å²) in [5.74, 6) is 0.683. The van der Waals surface area contributed by atoms with Gasteiger partial charge in [0.25, 0.3) is 5.91 Å². The van der Waals surface area contributed by atoms with Crippen LogP contribution in [-0.4, -0.2) is 42.7 Å². The zero-order valence-electron chi connectivity index (χ0n) is 11.1. The van der Waals surface area contributed by atoms with Gasteiger partial charge in [-0.2, -0.15) is 0 Å². The van der Waals surface area contributed by atoms with E-state index in [4.69, 9.17) is 9.47 Å². The summed E-state index contributed by atoms with van der Waals surface area (Å²) in [5, 5.41) is 0. The zero-order chi connectivity index (χ0) is 13.8. The van der Waals surface area contributed by atoms with E-state index >= 15 is 0 Å². The number of hydrogen-bond donors (Lipinski definition) is 0. The van der Waals surface area contributed by atoms with Gasteiger partial charge >= 0.3 is 0 Å². The Bertz CT molecular complexity index is 442. The van der Waals surface area contributed by atoms with Gasteiger partial charge < -0.3 is 14.4 Å². The minimum Gasteiger partial charge on any atom is -0.483 e. The SMILES string of the molecule is C[C@@H]1CN(C(=O)COc2ccccc2Br)C[C@@H](C)O1. The second kappa shape index (κ2) is 6.39. The molecule has 19 heavy (non-hydrogen) atoms. The standard InChI is InChI=1S/C14H18BrNO3/c1-10-7-16(8-11(2)19-10)14(17)9-18-13-6-4-3-5-12(13)15/h3-6,10-11H,7-9H2,1-2H3/t10-,11-/m1/s1. The van der Waals surface area contributed by atoms with E-state index in [1.54, 1.807) is 4.90 Å². The van der Waals surface area contributed by atoms with E-state index in [1.165, 1.54) is 0 Å². The number of para-hydroxylation sites is 1. The molecule has 1 heterocycles. The van der Waals surface area contributed by atoms with Crippen molar-refractivity contribution in [3.05, 3.63) is 28.7 Å². The van der Waals surface area contributed by atoms with E-state index in [-0.39, 0.29) is 24.7 Å². The first kappa shape index (κ1) is 14.3. The monoisotopic (exact) mass is 327 g/mol. The Labute approximate surface area is 121 Å². The summed E-state index contributed by atoms with van der Waals surface area (Å²) >= 11 is 3.39. The van der Waals surface area contributed by atoms with E-state index < -0.39 is 0 Å². The molecule has 1 amide bonds. The van der Waals surface area contributed by atoms with Crippen molar-refractivity contribution in [2.75, 3.05) is 19.7 Å². The van der Waals surface area contributed by atoms with E-state index in [0.29, 0.717) is 18.8 Å². The van der Waals surface area contributed by atoms with Gasteiger partial charge in [0.05, 0.1) is 16.7 Å². The smallest absolute Gasteiger partial charge is 0.260 e. The number of carbonyl (C=O) groups is 1.